The van der Waals surface area contributed by atoms with E-state index in [-0.39, 0.29) is 0 Å². The Hall–Kier alpha value is -2.56. The molecule has 0 aliphatic carbocycles. The van der Waals surface area contributed by atoms with Crippen molar-refractivity contribution in [3.8, 4) is 0 Å². The second-order valence-corrected chi connectivity index (χ2v) is 4.87. The minimum Gasteiger partial charge on any atom is -0.469 e. The molecule has 0 fully saturated rings. The second-order valence-electron chi connectivity index (χ2n) is 4.87. The number of hydrogen-bond donors (Lipinski definition) is 1. The second kappa shape index (κ2) is 4.52. The standard InChI is InChI=1S/C15H14N2O3/c1-9-10(5-6-20-9)8-17(2)11-3-4-12-13(7-11)16-15(19)14(12)18/h3-7H,8H2,1-2H3,(H,16,18,19). The van der Waals surface area contributed by atoms with Gasteiger partial charge in [-0.05, 0) is 31.2 Å². The number of hydrogen-bond acceptors (Lipinski definition) is 4. The van der Waals surface area contributed by atoms with Crippen LogP contribution in [0.1, 0.15) is 21.7 Å². The average molecular weight is 270 g/mol. The molecule has 3 rings (SSSR count). The van der Waals surface area contributed by atoms with Crippen LogP contribution in [0.2, 0.25) is 0 Å². The predicted molar refractivity (Wildman–Crippen MR) is 75.0 cm³/mol. The lowest BCUT2D eigenvalue weighted by Gasteiger charge is -2.19. The highest BCUT2D eigenvalue weighted by atomic mass is 16.3. The van der Waals surface area contributed by atoms with Crippen molar-refractivity contribution in [2.24, 2.45) is 0 Å². The van der Waals surface area contributed by atoms with Crippen molar-refractivity contribution < 1.29 is 14.0 Å². The number of furan rings is 1. The number of ketones is 1. The molecule has 1 aromatic heterocycles. The SMILES string of the molecule is Cc1occc1CN(C)c1ccc2c(c1)NC(=O)C2=O. The molecule has 1 aromatic carbocycles. The molecule has 1 aliphatic heterocycles. The number of benzene rings is 1. The van der Waals surface area contributed by atoms with Crippen LogP contribution in [0.4, 0.5) is 11.4 Å². The van der Waals surface area contributed by atoms with Crippen molar-refractivity contribution in [2.45, 2.75) is 13.5 Å². The molecule has 0 saturated heterocycles. The molecule has 5 nitrogen and oxygen atoms in total. The molecule has 1 N–H and O–H groups in total. The van der Waals surface area contributed by atoms with Crippen LogP contribution in [0.25, 0.3) is 0 Å². The van der Waals surface area contributed by atoms with Gasteiger partial charge in [-0.25, -0.2) is 0 Å². The maximum absolute atomic E-state index is 11.5. The van der Waals surface area contributed by atoms with Gasteiger partial charge in [0.1, 0.15) is 5.76 Å². The number of nitrogens with zero attached hydrogens (tertiary/aromatic N) is 1. The van der Waals surface area contributed by atoms with E-state index in [1.807, 2.05) is 37.1 Å². The summed E-state index contributed by atoms with van der Waals surface area (Å²) in [5.74, 6) is -0.146. The highest BCUT2D eigenvalue weighted by Crippen LogP contribution is 2.28. The van der Waals surface area contributed by atoms with Gasteiger partial charge in [0.25, 0.3) is 11.7 Å². The lowest BCUT2D eigenvalue weighted by atomic mass is 10.1. The number of carbonyl (C=O) groups excluding carboxylic acids is 2. The summed E-state index contributed by atoms with van der Waals surface area (Å²) in [7, 11) is 1.95. The van der Waals surface area contributed by atoms with Crippen molar-refractivity contribution in [3.05, 3.63) is 47.4 Å². The number of nitrogens with one attached hydrogen (secondary N) is 1. The van der Waals surface area contributed by atoms with Crippen LogP contribution in [0, 0.1) is 6.92 Å². The first-order valence-electron chi connectivity index (χ1n) is 6.30. The van der Waals surface area contributed by atoms with Crippen molar-refractivity contribution in [1.82, 2.24) is 0 Å². The Kier molecular flexibility index (Phi) is 2.82. The Bertz CT molecular complexity index is 703. The molecule has 1 aliphatic rings. The Morgan fingerprint density at radius 1 is 1.25 bits per heavy atom. The monoisotopic (exact) mass is 270 g/mol. The molecule has 0 saturated carbocycles. The summed E-state index contributed by atoms with van der Waals surface area (Å²) in [6.45, 7) is 2.62. The fourth-order valence-corrected chi connectivity index (χ4v) is 2.29. The molecule has 2 heterocycles. The van der Waals surface area contributed by atoms with Gasteiger partial charge in [0.05, 0.1) is 17.5 Å². The van der Waals surface area contributed by atoms with Gasteiger partial charge in [-0.3, -0.25) is 9.59 Å². The van der Waals surface area contributed by atoms with Gasteiger partial charge in [0.15, 0.2) is 0 Å². The molecule has 5 heteroatoms. The molecule has 102 valence electrons. The molecule has 0 unspecified atom stereocenters. The number of aryl methyl sites for hydroxylation is 1. The molecule has 1 amide bonds. The van der Waals surface area contributed by atoms with Crippen LogP contribution >= 0.6 is 0 Å². The van der Waals surface area contributed by atoms with Crippen LogP contribution < -0.4 is 10.2 Å². The van der Waals surface area contributed by atoms with E-state index >= 15 is 0 Å². The molecule has 20 heavy (non-hydrogen) atoms. The van der Waals surface area contributed by atoms with Crippen molar-refractivity contribution in [3.63, 3.8) is 0 Å². The highest BCUT2D eigenvalue weighted by molar-refractivity contribution is 6.51. The van der Waals surface area contributed by atoms with Gasteiger partial charge < -0.3 is 14.6 Å². The van der Waals surface area contributed by atoms with E-state index in [4.69, 9.17) is 4.42 Å². The molecular weight excluding hydrogens is 256 g/mol. The third kappa shape index (κ3) is 1.97. The molecule has 0 bridgehead atoms. The number of carbonyl (C=O) groups is 2. The normalized spacial score (nSPS) is 13.3. The van der Waals surface area contributed by atoms with Gasteiger partial charge in [0.2, 0.25) is 0 Å². The van der Waals surface area contributed by atoms with Crippen LogP contribution in [-0.2, 0) is 11.3 Å². The molecular formula is C15H14N2O3. The number of amides is 1. The first kappa shape index (κ1) is 12.5. The molecule has 0 atom stereocenters. The van der Waals surface area contributed by atoms with Gasteiger partial charge in [-0.1, -0.05) is 0 Å². The van der Waals surface area contributed by atoms with Gasteiger partial charge >= 0.3 is 0 Å². The Balaban J connectivity index is 1.85. The van der Waals surface area contributed by atoms with E-state index in [1.165, 1.54) is 0 Å². The van der Waals surface area contributed by atoms with E-state index in [0.29, 0.717) is 17.8 Å². The first-order valence-corrected chi connectivity index (χ1v) is 6.30. The van der Waals surface area contributed by atoms with Crippen molar-refractivity contribution >= 4 is 23.1 Å². The van der Waals surface area contributed by atoms with Crippen LogP contribution in [0.3, 0.4) is 0 Å². The average Bonchev–Trinajstić information content (AvgIpc) is 2.95. The molecule has 0 spiro atoms. The van der Waals surface area contributed by atoms with Crippen LogP contribution in [0.15, 0.2) is 34.9 Å². The van der Waals surface area contributed by atoms with E-state index in [0.717, 1.165) is 17.0 Å². The van der Waals surface area contributed by atoms with Crippen LogP contribution in [0.5, 0.6) is 0 Å². The summed E-state index contributed by atoms with van der Waals surface area (Å²) < 4.78 is 5.28. The van der Waals surface area contributed by atoms with Crippen molar-refractivity contribution in [1.29, 1.82) is 0 Å². The zero-order valence-electron chi connectivity index (χ0n) is 11.3. The van der Waals surface area contributed by atoms with Gasteiger partial charge in [0, 0.05) is 24.8 Å². The highest BCUT2D eigenvalue weighted by Gasteiger charge is 2.28. The third-order valence-electron chi connectivity index (χ3n) is 3.52. The maximum atomic E-state index is 11.5. The summed E-state index contributed by atoms with van der Waals surface area (Å²) in [6, 6.07) is 7.27. The molecule has 0 radical (unpaired) electrons. The maximum Gasteiger partial charge on any atom is 0.296 e. The predicted octanol–water partition coefficient (Wildman–Crippen LogP) is 2.36. The number of fused-ring (bicyclic) bond motifs is 1. The Morgan fingerprint density at radius 2 is 2.05 bits per heavy atom. The fraction of sp³-hybridized carbons (Fsp3) is 0.200. The lowest BCUT2D eigenvalue weighted by molar-refractivity contribution is -0.112. The van der Waals surface area contributed by atoms with E-state index in [1.54, 1.807) is 12.3 Å². The number of Topliss-reactive ketones (excluding diaryl/α,β-unsaturated/α-hetero) is 1. The smallest absolute Gasteiger partial charge is 0.296 e. The van der Waals surface area contributed by atoms with E-state index in [9.17, 15) is 9.59 Å². The van der Waals surface area contributed by atoms with E-state index < -0.39 is 11.7 Å². The first-order chi connectivity index (χ1) is 9.56. The topological polar surface area (TPSA) is 62.6 Å². The third-order valence-corrected chi connectivity index (χ3v) is 3.52. The summed E-state index contributed by atoms with van der Waals surface area (Å²) in [5, 5.41) is 2.58. The summed E-state index contributed by atoms with van der Waals surface area (Å²) in [5.41, 5.74) is 3.05. The molecule has 2 aromatic rings. The summed E-state index contributed by atoms with van der Waals surface area (Å²) in [6.07, 6.45) is 1.67. The Labute approximate surface area is 116 Å². The lowest BCUT2D eigenvalue weighted by Crippen LogP contribution is -2.16. The minimum atomic E-state index is -0.564. The zero-order chi connectivity index (χ0) is 14.3. The minimum absolute atomic E-state index is 0.437. The summed E-state index contributed by atoms with van der Waals surface area (Å²) >= 11 is 0. The Morgan fingerprint density at radius 3 is 2.75 bits per heavy atom. The largest absolute Gasteiger partial charge is 0.469 e. The van der Waals surface area contributed by atoms with Crippen LogP contribution in [-0.4, -0.2) is 18.7 Å². The number of anilines is 2. The van der Waals surface area contributed by atoms with Gasteiger partial charge in [-0.2, -0.15) is 0 Å². The van der Waals surface area contributed by atoms with Gasteiger partial charge in [-0.15, -0.1) is 0 Å². The fourth-order valence-electron chi connectivity index (χ4n) is 2.29. The van der Waals surface area contributed by atoms with Crippen molar-refractivity contribution in [2.75, 3.05) is 17.3 Å². The zero-order valence-corrected chi connectivity index (χ0v) is 11.3. The van der Waals surface area contributed by atoms with E-state index in [2.05, 4.69) is 5.32 Å². The summed E-state index contributed by atoms with van der Waals surface area (Å²) in [4.78, 5) is 24.9. The quantitative estimate of drug-likeness (QED) is 0.870. The number of rotatable bonds is 3.